The molecule has 0 rings (SSSR count). The Morgan fingerprint density at radius 1 is 1.25 bits per heavy atom. The molecule has 1 atom stereocenters. The Balaban J connectivity index is 4.47. The first-order chi connectivity index (χ1) is 5.34. The molecule has 72 valence electrons. The van der Waals surface area contributed by atoms with Crippen molar-refractivity contribution in [2.75, 3.05) is 7.05 Å². The summed E-state index contributed by atoms with van der Waals surface area (Å²) in [6.45, 7) is 15.0. The Hall–Kier alpha value is -0.300. The molecule has 0 aliphatic heterocycles. The average molecular weight is 169 g/mol. The first-order valence-electron chi connectivity index (χ1n) is 4.69. The zero-order valence-corrected chi connectivity index (χ0v) is 9.39. The molecule has 1 unspecified atom stereocenters. The fraction of sp³-hybridized carbons (Fsp3) is 0.818. The Kier molecular flexibility index (Phi) is 3.98. The Labute approximate surface area is 77.5 Å². The van der Waals surface area contributed by atoms with Gasteiger partial charge in [-0.2, -0.15) is 0 Å². The van der Waals surface area contributed by atoms with Crippen LogP contribution in [0.1, 0.15) is 34.6 Å². The van der Waals surface area contributed by atoms with Crippen LogP contribution in [0, 0.1) is 5.92 Å². The molecular weight excluding hydrogens is 146 g/mol. The zero-order chi connectivity index (χ0) is 9.94. The van der Waals surface area contributed by atoms with Crippen LogP contribution < -0.4 is 0 Å². The van der Waals surface area contributed by atoms with Gasteiger partial charge in [0.1, 0.15) is 0 Å². The smallest absolute Gasteiger partial charge is 0.0212 e. The van der Waals surface area contributed by atoms with Crippen molar-refractivity contribution >= 4 is 0 Å². The van der Waals surface area contributed by atoms with Gasteiger partial charge in [0.15, 0.2) is 0 Å². The van der Waals surface area contributed by atoms with Crippen molar-refractivity contribution in [3.63, 3.8) is 0 Å². The molecule has 0 aromatic carbocycles. The van der Waals surface area contributed by atoms with E-state index in [0.717, 1.165) is 0 Å². The second-order valence-corrected chi connectivity index (χ2v) is 4.38. The summed E-state index contributed by atoms with van der Waals surface area (Å²) >= 11 is 0. The van der Waals surface area contributed by atoms with Crippen molar-refractivity contribution in [2.45, 2.75) is 46.2 Å². The molecule has 0 aliphatic rings. The average Bonchev–Trinajstić information content (AvgIpc) is 2.01. The fourth-order valence-corrected chi connectivity index (χ4v) is 1.28. The van der Waals surface area contributed by atoms with E-state index in [1.807, 2.05) is 6.08 Å². The second kappa shape index (κ2) is 4.08. The van der Waals surface area contributed by atoms with Crippen molar-refractivity contribution in [2.24, 2.45) is 5.92 Å². The van der Waals surface area contributed by atoms with Crippen molar-refractivity contribution in [3.8, 4) is 0 Å². The maximum atomic E-state index is 3.84. The lowest BCUT2D eigenvalue weighted by Crippen LogP contribution is -2.49. The van der Waals surface area contributed by atoms with Gasteiger partial charge in [0.2, 0.25) is 0 Å². The van der Waals surface area contributed by atoms with Gasteiger partial charge in [-0.3, -0.25) is 4.90 Å². The van der Waals surface area contributed by atoms with E-state index in [2.05, 4.69) is 53.1 Å². The number of hydrogen-bond acceptors (Lipinski definition) is 1. The molecule has 0 radical (unpaired) electrons. The summed E-state index contributed by atoms with van der Waals surface area (Å²) < 4.78 is 0. The third kappa shape index (κ3) is 2.34. The van der Waals surface area contributed by atoms with E-state index in [9.17, 15) is 0 Å². The maximum Gasteiger partial charge on any atom is 0.0212 e. The molecule has 0 saturated carbocycles. The fourth-order valence-electron chi connectivity index (χ4n) is 1.28. The highest BCUT2D eigenvalue weighted by Crippen LogP contribution is 2.25. The summed E-state index contributed by atoms with van der Waals surface area (Å²) in [6, 6.07) is 0.586. The first kappa shape index (κ1) is 11.7. The lowest BCUT2D eigenvalue weighted by atomic mass is 9.87. The van der Waals surface area contributed by atoms with Crippen LogP contribution in [0.15, 0.2) is 12.7 Å². The molecule has 0 fully saturated rings. The highest BCUT2D eigenvalue weighted by Gasteiger charge is 2.29. The maximum absolute atomic E-state index is 3.84. The number of hydrogen-bond donors (Lipinski definition) is 0. The molecule has 0 aromatic heterocycles. The minimum absolute atomic E-state index is 0.204. The lowest BCUT2D eigenvalue weighted by Gasteiger charge is -2.42. The summed E-state index contributed by atoms with van der Waals surface area (Å²) in [6.07, 6.45) is 2.03. The van der Waals surface area contributed by atoms with Gasteiger partial charge in [0.05, 0.1) is 0 Å². The number of rotatable bonds is 4. The topological polar surface area (TPSA) is 3.24 Å². The molecule has 0 bridgehead atoms. The van der Waals surface area contributed by atoms with Crippen LogP contribution in [0.3, 0.4) is 0 Å². The molecule has 0 amide bonds. The molecule has 12 heavy (non-hydrogen) atoms. The van der Waals surface area contributed by atoms with Crippen LogP contribution in [0.5, 0.6) is 0 Å². The predicted molar refractivity (Wildman–Crippen MR) is 56.3 cm³/mol. The Bertz CT molecular complexity index is 147. The van der Waals surface area contributed by atoms with E-state index >= 15 is 0 Å². The van der Waals surface area contributed by atoms with Crippen molar-refractivity contribution in [3.05, 3.63) is 12.7 Å². The summed E-state index contributed by atoms with van der Waals surface area (Å²) in [4.78, 5) is 2.39. The third-order valence-corrected chi connectivity index (χ3v) is 3.15. The second-order valence-electron chi connectivity index (χ2n) is 4.38. The van der Waals surface area contributed by atoms with Crippen molar-refractivity contribution < 1.29 is 0 Å². The van der Waals surface area contributed by atoms with Gasteiger partial charge in [0, 0.05) is 11.6 Å². The van der Waals surface area contributed by atoms with Crippen LogP contribution in [0.4, 0.5) is 0 Å². The van der Waals surface area contributed by atoms with E-state index in [-0.39, 0.29) is 5.54 Å². The van der Waals surface area contributed by atoms with Gasteiger partial charge in [-0.15, -0.1) is 6.58 Å². The molecule has 0 spiro atoms. The Morgan fingerprint density at radius 2 is 1.67 bits per heavy atom. The van der Waals surface area contributed by atoms with E-state index in [1.165, 1.54) is 0 Å². The standard InChI is InChI=1S/C11H23N/c1-8-10(4)11(5,6)12(7)9(2)3/h8-10H,1H2,2-7H3. The first-order valence-corrected chi connectivity index (χ1v) is 4.69. The van der Waals surface area contributed by atoms with Gasteiger partial charge in [-0.25, -0.2) is 0 Å². The summed E-state index contributed by atoms with van der Waals surface area (Å²) in [7, 11) is 2.17. The monoisotopic (exact) mass is 169 g/mol. The summed E-state index contributed by atoms with van der Waals surface area (Å²) in [5.41, 5.74) is 0.204. The van der Waals surface area contributed by atoms with E-state index in [4.69, 9.17) is 0 Å². The largest absolute Gasteiger partial charge is 0.298 e. The van der Waals surface area contributed by atoms with Crippen molar-refractivity contribution in [1.29, 1.82) is 0 Å². The predicted octanol–water partition coefficient (Wildman–Crippen LogP) is 2.93. The van der Waals surface area contributed by atoms with Gasteiger partial charge >= 0.3 is 0 Å². The van der Waals surface area contributed by atoms with E-state index in [0.29, 0.717) is 12.0 Å². The SMILES string of the molecule is C=CC(C)C(C)(C)N(C)C(C)C. The minimum atomic E-state index is 0.204. The van der Waals surface area contributed by atoms with Gasteiger partial charge in [-0.1, -0.05) is 13.0 Å². The minimum Gasteiger partial charge on any atom is -0.298 e. The van der Waals surface area contributed by atoms with E-state index < -0.39 is 0 Å². The zero-order valence-electron chi connectivity index (χ0n) is 9.39. The van der Waals surface area contributed by atoms with E-state index in [1.54, 1.807) is 0 Å². The highest BCUT2D eigenvalue weighted by atomic mass is 15.2. The summed E-state index contributed by atoms with van der Waals surface area (Å²) in [5.74, 6) is 0.518. The third-order valence-electron chi connectivity index (χ3n) is 3.15. The summed E-state index contributed by atoms with van der Waals surface area (Å²) in [5, 5.41) is 0. The van der Waals surface area contributed by atoms with Gasteiger partial charge in [0.25, 0.3) is 0 Å². The molecule has 1 heteroatoms. The quantitative estimate of drug-likeness (QED) is 0.585. The van der Waals surface area contributed by atoms with Crippen LogP contribution in [0.25, 0.3) is 0 Å². The van der Waals surface area contributed by atoms with Gasteiger partial charge < -0.3 is 0 Å². The molecular formula is C11H23N. The highest BCUT2D eigenvalue weighted by molar-refractivity contribution is 4.94. The molecule has 0 N–H and O–H groups in total. The number of nitrogens with zero attached hydrogens (tertiary/aromatic N) is 1. The molecule has 0 aliphatic carbocycles. The Morgan fingerprint density at radius 3 is 1.92 bits per heavy atom. The molecule has 0 saturated heterocycles. The molecule has 1 nitrogen and oxygen atoms in total. The molecule has 0 heterocycles. The van der Waals surface area contributed by atoms with Crippen LogP contribution >= 0.6 is 0 Å². The lowest BCUT2D eigenvalue weighted by molar-refractivity contribution is 0.0863. The van der Waals surface area contributed by atoms with Crippen LogP contribution in [0.2, 0.25) is 0 Å². The van der Waals surface area contributed by atoms with Crippen molar-refractivity contribution in [1.82, 2.24) is 4.90 Å². The molecule has 0 aromatic rings. The van der Waals surface area contributed by atoms with Gasteiger partial charge in [-0.05, 0) is 40.7 Å². The normalized spacial score (nSPS) is 15.3. The van der Waals surface area contributed by atoms with Crippen LogP contribution in [-0.4, -0.2) is 23.5 Å². The van der Waals surface area contributed by atoms with Crippen LogP contribution in [-0.2, 0) is 0 Å².